The van der Waals surface area contributed by atoms with Gasteiger partial charge in [-0.25, -0.2) is 0 Å². The lowest BCUT2D eigenvalue weighted by molar-refractivity contribution is -0.138. The quantitative estimate of drug-likeness (QED) is 0.538. The van der Waals surface area contributed by atoms with Crippen LogP contribution >= 0.6 is 0 Å². The minimum absolute atomic E-state index is 0.00791. The summed E-state index contributed by atoms with van der Waals surface area (Å²) in [5.41, 5.74) is 2.48. The van der Waals surface area contributed by atoms with Crippen molar-refractivity contribution in [3.63, 3.8) is 0 Å². The first-order valence-corrected chi connectivity index (χ1v) is 11.2. The van der Waals surface area contributed by atoms with Crippen molar-refractivity contribution in [3.8, 4) is 0 Å². The Labute approximate surface area is 196 Å². The van der Waals surface area contributed by atoms with E-state index in [1.54, 1.807) is 4.90 Å². The average Bonchev–Trinajstić information content (AvgIpc) is 2.85. The highest BCUT2D eigenvalue weighted by Crippen LogP contribution is 2.35. The molecule has 4 rings (SSSR count). The van der Waals surface area contributed by atoms with E-state index in [2.05, 4.69) is 11.4 Å². The third-order valence-corrected chi connectivity index (χ3v) is 6.08. The molecule has 0 fully saturated rings. The Morgan fingerprint density at radius 1 is 0.882 bits per heavy atom. The van der Waals surface area contributed by atoms with Crippen LogP contribution in [0.25, 0.3) is 0 Å². The van der Waals surface area contributed by atoms with Gasteiger partial charge in [-0.2, -0.15) is 13.2 Å². The molecule has 2 amide bonds. The van der Waals surface area contributed by atoms with Gasteiger partial charge in [0, 0.05) is 25.9 Å². The summed E-state index contributed by atoms with van der Waals surface area (Å²) < 4.78 is 39.5. The molecule has 1 aliphatic rings. The molecule has 176 valence electrons. The Morgan fingerprint density at radius 3 is 2.32 bits per heavy atom. The average molecular weight is 467 g/mol. The molecule has 1 N–H and O–H groups in total. The SMILES string of the molecule is O=C(CCC(=O)N1CCc2ccccc2C1c1ccccc1)NCc1ccccc1C(F)(F)F. The van der Waals surface area contributed by atoms with Crippen LogP contribution in [0.15, 0.2) is 78.9 Å². The van der Waals surface area contributed by atoms with Gasteiger partial charge in [0.15, 0.2) is 0 Å². The van der Waals surface area contributed by atoms with Crippen molar-refractivity contribution in [2.45, 2.75) is 38.0 Å². The molecule has 7 heteroatoms. The molecule has 0 aliphatic carbocycles. The lowest BCUT2D eigenvalue weighted by Crippen LogP contribution is -2.41. The number of nitrogens with zero attached hydrogens (tertiary/aromatic N) is 1. The molecule has 0 bridgehead atoms. The number of carbonyl (C=O) groups excluding carboxylic acids is 2. The molecule has 1 heterocycles. The largest absolute Gasteiger partial charge is 0.416 e. The first-order chi connectivity index (χ1) is 16.3. The fraction of sp³-hybridized carbons (Fsp3) is 0.259. The highest BCUT2D eigenvalue weighted by atomic mass is 19.4. The number of alkyl halides is 3. The van der Waals surface area contributed by atoms with E-state index < -0.39 is 17.6 Å². The lowest BCUT2D eigenvalue weighted by Gasteiger charge is -2.38. The molecule has 1 unspecified atom stereocenters. The topological polar surface area (TPSA) is 49.4 Å². The summed E-state index contributed by atoms with van der Waals surface area (Å²) in [7, 11) is 0. The van der Waals surface area contributed by atoms with Gasteiger partial charge in [-0.15, -0.1) is 0 Å². The summed E-state index contributed by atoms with van der Waals surface area (Å²) in [5, 5.41) is 2.52. The zero-order chi connectivity index (χ0) is 24.1. The second-order valence-electron chi connectivity index (χ2n) is 8.28. The van der Waals surface area contributed by atoms with Gasteiger partial charge in [0.1, 0.15) is 0 Å². The Hall–Kier alpha value is -3.61. The maximum Gasteiger partial charge on any atom is 0.416 e. The van der Waals surface area contributed by atoms with Crippen LogP contribution in [-0.2, 0) is 28.7 Å². The van der Waals surface area contributed by atoms with Crippen molar-refractivity contribution < 1.29 is 22.8 Å². The number of hydrogen-bond donors (Lipinski definition) is 1. The number of nitrogens with one attached hydrogen (secondary N) is 1. The van der Waals surface area contributed by atoms with Crippen molar-refractivity contribution in [1.29, 1.82) is 0 Å². The highest BCUT2D eigenvalue weighted by molar-refractivity contribution is 5.84. The summed E-state index contributed by atoms with van der Waals surface area (Å²) in [6.45, 7) is 0.294. The monoisotopic (exact) mass is 466 g/mol. The number of halogens is 3. The molecule has 1 atom stereocenters. The number of amides is 2. The van der Waals surface area contributed by atoms with Crippen LogP contribution in [0.3, 0.4) is 0 Å². The van der Waals surface area contributed by atoms with Gasteiger partial charge in [-0.05, 0) is 34.7 Å². The predicted molar refractivity (Wildman–Crippen MR) is 123 cm³/mol. The molecule has 0 spiro atoms. The van der Waals surface area contributed by atoms with E-state index in [0.29, 0.717) is 6.54 Å². The predicted octanol–water partition coefficient (Wildman–Crippen LogP) is 5.28. The second kappa shape index (κ2) is 10.1. The van der Waals surface area contributed by atoms with Gasteiger partial charge >= 0.3 is 6.18 Å². The zero-order valence-corrected chi connectivity index (χ0v) is 18.5. The molecule has 3 aromatic carbocycles. The van der Waals surface area contributed by atoms with Crippen molar-refractivity contribution in [3.05, 3.63) is 107 Å². The van der Waals surface area contributed by atoms with Gasteiger partial charge in [0.25, 0.3) is 0 Å². The molecule has 0 radical (unpaired) electrons. The number of carbonyl (C=O) groups is 2. The maximum absolute atomic E-state index is 13.2. The standard InChI is InChI=1S/C27H25F3N2O2/c28-27(29,30)23-13-7-5-11-21(23)18-31-24(33)14-15-25(34)32-17-16-19-8-4-6-12-22(19)26(32)20-9-2-1-3-10-20/h1-13,26H,14-18H2,(H,31,33). The lowest BCUT2D eigenvalue weighted by atomic mass is 9.88. The molecular formula is C27H25F3N2O2. The van der Waals surface area contributed by atoms with Gasteiger partial charge in [-0.1, -0.05) is 72.8 Å². The second-order valence-corrected chi connectivity index (χ2v) is 8.28. The van der Waals surface area contributed by atoms with E-state index in [4.69, 9.17) is 0 Å². The van der Waals surface area contributed by atoms with E-state index in [1.165, 1.54) is 23.8 Å². The van der Waals surface area contributed by atoms with E-state index in [1.807, 2.05) is 48.5 Å². The zero-order valence-electron chi connectivity index (χ0n) is 18.5. The Balaban J connectivity index is 1.41. The van der Waals surface area contributed by atoms with Crippen LogP contribution in [0.5, 0.6) is 0 Å². The fourth-order valence-corrected chi connectivity index (χ4v) is 4.43. The van der Waals surface area contributed by atoms with Crippen LogP contribution in [-0.4, -0.2) is 23.3 Å². The van der Waals surface area contributed by atoms with Gasteiger partial charge in [0.05, 0.1) is 11.6 Å². The van der Waals surface area contributed by atoms with Crippen molar-refractivity contribution in [2.24, 2.45) is 0 Å². The Morgan fingerprint density at radius 2 is 1.56 bits per heavy atom. The summed E-state index contributed by atoms with van der Waals surface area (Å²) >= 11 is 0. The van der Waals surface area contributed by atoms with E-state index in [9.17, 15) is 22.8 Å². The third-order valence-electron chi connectivity index (χ3n) is 6.08. The van der Waals surface area contributed by atoms with Crippen LogP contribution in [0, 0.1) is 0 Å². The van der Waals surface area contributed by atoms with E-state index in [0.717, 1.165) is 23.6 Å². The summed E-state index contributed by atoms with van der Waals surface area (Å²) in [4.78, 5) is 27.3. The molecule has 3 aromatic rings. The molecule has 0 saturated heterocycles. The van der Waals surface area contributed by atoms with Gasteiger partial charge in [-0.3, -0.25) is 9.59 Å². The first-order valence-electron chi connectivity index (χ1n) is 11.2. The fourth-order valence-electron chi connectivity index (χ4n) is 4.43. The van der Waals surface area contributed by atoms with Crippen LogP contribution in [0.4, 0.5) is 13.2 Å². The summed E-state index contributed by atoms with van der Waals surface area (Å²) in [6, 6.07) is 22.7. The summed E-state index contributed by atoms with van der Waals surface area (Å²) in [6.07, 6.45) is -3.87. The summed E-state index contributed by atoms with van der Waals surface area (Å²) in [5.74, 6) is -0.617. The number of hydrogen-bond acceptors (Lipinski definition) is 2. The Kier molecular flexibility index (Phi) is 7.01. The van der Waals surface area contributed by atoms with E-state index in [-0.39, 0.29) is 36.9 Å². The molecular weight excluding hydrogens is 441 g/mol. The molecule has 34 heavy (non-hydrogen) atoms. The molecule has 4 nitrogen and oxygen atoms in total. The van der Waals surface area contributed by atoms with Crippen molar-refractivity contribution >= 4 is 11.8 Å². The minimum atomic E-state index is -4.49. The van der Waals surface area contributed by atoms with E-state index >= 15 is 0 Å². The smallest absolute Gasteiger partial charge is 0.352 e. The Bertz CT molecular complexity index is 1160. The van der Waals surface area contributed by atoms with Gasteiger partial charge in [0.2, 0.25) is 11.8 Å². The van der Waals surface area contributed by atoms with Crippen molar-refractivity contribution in [1.82, 2.24) is 10.2 Å². The van der Waals surface area contributed by atoms with Crippen LogP contribution in [0.1, 0.15) is 46.7 Å². The van der Waals surface area contributed by atoms with Gasteiger partial charge < -0.3 is 10.2 Å². The number of rotatable bonds is 6. The first kappa shape index (κ1) is 23.5. The third kappa shape index (κ3) is 5.30. The minimum Gasteiger partial charge on any atom is -0.352 e. The van der Waals surface area contributed by atoms with Crippen LogP contribution < -0.4 is 5.32 Å². The molecule has 0 aromatic heterocycles. The highest BCUT2D eigenvalue weighted by Gasteiger charge is 2.33. The van der Waals surface area contributed by atoms with Crippen molar-refractivity contribution in [2.75, 3.05) is 6.54 Å². The normalized spacial score (nSPS) is 15.5. The molecule has 1 aliphatic heterocycles. The number of benzene rings is 3. The number of fused-ring (bicyclic) bond motifs is 1. The van der Waals surface area contributed by atoms with Crippen LogP contribution in [0.2, 0.25) is 0 Å². The maximum atomic E-state index is 13.2. The molecule has 0 saturated carbocycles.